The molecule has 0 aromatic heterocycles. The number of fused-ring (bicyclic) bond motifs is 6. The van der Waals surface area contributed by atoms with Gasteiger partial charge in [0, 0.05) is 85.2 Å². The largest absolute Gasteiger partial charge is 0.355 e. The predicted molar refractivity (Wildman–Crippen MR) is 319 cm³/mol. The molecule has 0 spiro atoms. The molecule has 1 unspecified atom stereocenters. The van der Waals surface area contributed by atoms with Crippen molar-refractivity contribution >= 4 is 109 Å². The van der Waals surface area contributed by atoms with E-state index in [1.807, 2.05) is 64.3 Å². The fourth-order valence-electron chi connectivity index (χ4n) is 12.1. The molecular formula is C59H70N5O18S4+. The molecule has 4 aliphatic rings. The lowest BCUT2D eigenvalue weighted by molar-refractivity contribution is -0.437. The number of allylic oxidation sites excluding steroid dienone is 8. The van der Waals surface area contributed by atoms with Crippen LogP contribution in [0.2, 0.25) is 0 Å². The number of amides is 4. The zero-order chi connectivity index (χ0) is 63.1. The van der Waals surface area contributed by atoms with E-state index in [1.54, 1.807) is 36.4 Å². The normalized spacial score (nSPS) is 19.7. The average molecular weight is 1270 g/mol. The monoisotopic (exact) mass is 1260 g/mol. The molecule has 86 heavy (non-hydrogen) atoms. The number of nitrogens with one attached hydrogen (secondary N) is 2. The summed E-state index contributed by atoms with van der Waals surface area (Å²) in [5.41, 5.74) is 0.869. The summed E-state index contributed by atoms with van der Waals surface area (Å²) in [4.78, 5) is 71.9. The lowest BCUT2D eigenvalue weighted by Gasteiger charge is -2.35. The highest BCUT2D eigenvalue weighted by atomic mass is 32.2. The molecule has 27 heteroatoms. The molecule has 8 rings (SSSR count). The van der Waals surface area contributed by atoms with Gasteiger partial charge in [-0.15, -0.1) is 5.06 Å². The van der Waals surface area contributed by atoms with Gasteiger partial charge in [0.2, 0.25) is 17.5 Å². The van der Waals surface area contributed by atoms with Gasteiger partial charge in [0.15, 0.2) is 5.71 Å². The predicted octanol–water partition coefficient (Wildman–Crippen LogP) is 7.48. The molecule has 1 aliphatic carbocycles. The Morgan fingerprint density at radius 1 is 0.674 bits per heavy atom. The number of imide groups is 1. The van der Waals surface area contributed by atoms with Gasteiger partial charge in [-0.05, 0) is 121 Å². The first-order valence-corrected chi connectivity index (χ1v) is 34.0. The number of rotatable bonds is 23. The standard InChI is InChI=1S/C59H69N5O18S4/c1-7-9-29-63-45-20-17-39-16-18-40(84(73,74)75)32-43(39)53(45)57(3,4)49(63)23-15-38-31-37(14-22-48-58(5,6)54-44-33-41(85(76,77)78)34-47(86(79,80)81)42(44)19-21-46(54)62(48)28-8-2)35-59(36-38,56(69)61-27-30-83(70,71)72)55(68)60-26-12-10-11-13-52(67)82-64-50(65)24-25-51(64)66/h14-23,31-34H,7-13,24-30,35-36H2,1-6H3,(H5-,60,61,68,69,70,71,72,73,74,75,76,77,78,79,80,81)/p+1. The molecular weight excluding hydrogens is 1190 g/mol. The highest BCUT2D eigenvalue weighted by molar-refractivity contribution is 7.87. The quantitative estimate of drug-likeness (QED) is 0.0138. The first kappa shape index (κ1) is 65.0. The molecule has 1 atom stereocenters. The first-order valence-electron chi connectivity index (χ1n) is 28.1. The van der Waals surface area contributed by atoms with E-state index in [-0.39, 0.29) is 67.2 Å². The SMILES string of the molecule is CCCCN1C(=CC=C2C=C(C=CC3=[N+](CCC)c4ccc5c(S(=O)(=O)O)cc(S(=O)(=O)O)cc5c4C3(C)C)CC(C(=O)NCCCCCC(=O)ON3C(=O)CCC3=O)(C(=O)NCCS(=O)(=O)O)C2)C(C)(C)c2c1ccc1ccc(S(=O)(=O)O)cc21. The zero-order valence-electron chi connectivity index (χ0n) is 48.4. The number of hydroxylamine groups is 2. The summed E-state index contributed by atoms with van der Waals surface area (Å²) in [5.74, 6) is -4.57. The Bertz CT molecular complexity index is 4130. The molecule has 1 saturated heterocycles. The van der Waals surface area contributed by atoms with Crippen LogP contribution in [0.15, 0.2) is 117 Å². The van der Waals surface area contributed by atoms with E-state index in [4.69, 9.17) is 4.84 Å². The van der Waals surface area contributed by atoms with E-state index in [1.165, 1.54) is 18.2 Å². The van der Waals surface area contributed by atoms with Gasteiger partial charge >= 0.3 is 5.97 Å². The highest BCUT2D eigenvalue weighted by Gasteiger charge is 2.50. The van der Waals surface area contributed by atoms with Crippen LogP contribution in [0.1, 0.15) is 123 Å². The van der Waals surface area contributed by atoms with Crippen LogP contribution in [0.3, 0.4) is 0 Å². The molecule has 23 nitrogen and oxygen atoms in total. The molecule has 3 heterocycles. The average Bonchev–Trinajstić information content (AvgIpc) is 1.57. The molecule has 3 aliphatic heterocycles. The molecule has 6 N–H and O–H groups in total. The third kappa shape index (κ3) is 13.4. The minimum Gasteiger partial charge on any atom is -0.355 e. The Kier molecular flexibility index (Phi) is 18.6. The number of hydrogen-bond acceptors (Lipinski definition) is 15. The van der Waals surface area contributed by atoms with Crippen molar-refractivity contribution in [3.63, 3.8) is 0 Å². The number of carbonyl (C=O) groups excluding carboxylic acids is 5. The van der Waals surface area contributed by atoms with E-state index < -0.39 is 108 Å². The number of nitrogens with zero attached hydrogens (tertiary/aromatic N) is 3. The maximum absolute atomic E-state index is 15.1. The molecule has 4 aromatic rings. The molecule has 462 valence electrons. The van der Waals surface area contributed by atoms with Crippen molar-refractivity contribution in [3.8, 4) is 0 Å². The third-order valence-electron chi connectivity index (χ3n) is 16.1. The Morgan fingerprint density at radius 3 is 1.95 bits per heavy atom. The van der Waals surface area contributed by atoms with Crippen molar-refractivity contribution in [2.75, 3.05) is 36.8 Å². The molecule has 4 amide bonds. The van der Waals surface area contributed by atoms with Gasteiger partial charge < -0.3 is 20.4 Å². The smallest absolute Gasteiger partial charge is 0.333 e. The highest BCUT2D eigenvalue weighted by Crippen LogP contribution is 2.52. The van der Waals surface area contributed by atoms with Crippen molar-refractivity contribution < 1.29 is 85.3 Å². The van der Waals surface area contributed by atoms with Gasteiger partial charge in [0.25, 0.3) is 52.3 Å². The van der Waals surface area contributed by atoms with E-state index in [0.717, 1.165) is 41.2 Å². The third-order valence-corrected chi connectivity index (χ3v) is 19.4. The second-order valence-corrected chi connectivity index (χ2v) is 28.8. The van der Waals surface area contributed by atoms with Crippen LogP contribution in [-0.2, 0) is 80.1 Å². The maximum Gasteiger partial charge on any atom is 0.333 e. The van der Waals surface area contributed by atoms with E-state index in [9.17, 15) is 71.1 Å². The van der Waals surface area contributed by atoms with Crippen molar-refractivity contribution in [2.45, 2.75) is 138 Å². The van der Waals surface area contributed by atoms with Crippen LogP contribution < -0.4 is 15.5 Å². The summed E-state index contributed by atoms with van der Waals surface area (Å²) in [6.45, 7) is 11.9. The van der Waals surface area contributed by atoms with E-state index in [0.29, 0.717) is 70.6 Å². The maximum atomic E-state index is 15.1. The lowest BCUT2D eigenvalue weighted by atomic mass is 9.70. The summed E-state index contributed by atoms with van der Waals surface area (Å²) in [7, 11) is -19.3. The summed E-state index contributed by atoms with van der Waals surface area (Å²) >= 11 is 0. The lowest BCUT2D eigenvalue weighted by Crippen LogP contribution is -2.53. The fourth-order valence-corrected chi connectivity index (χ4v) is 14.3. The topological polar surface area (TPSA) is 346 Å². The summed E-state index contributed by atoms with van der Waals surface area (Å²) in [6.07, 6.45) is 11.1. The van der Waals surface area contributed by atoms with Gasteiger partial charge in [-0.1, -0.05) is 70.9 Å². The van der Waals surface area contributed by atoms with Crippen molar-refractivity contribution in [1.82, 2.24) is 15.7 Å². The molecule has 0 bridgehead atoms. The van der Waals surface area contributed by atoms with Gasteiger partial charge in [0.05, 0.1) is 21.0 Å². The van der Waals surface area contributed by atoms with Gasteiger partial charge in [0.1, 0.15) is 16.9 Å². The Morgan fingerprint density at radius 2 is 1.33 bits per heavy atom. The van der Waals surface area contributed by atoms with Crippen LogP contribution in [0.25, 0.3) is 21.5 Å². The second-order valence-electron chi connectivity index (χ2n) is 23.0. The van der Waals surface area contributed by atoms with Gasteiger partial charge in [-0.3, -0.25) is 37.4 Å². The fraction of sp³-hybridized carbons (Fsp3) is 0.424. The minimum absolute atomic E-state index is 0.00992. The number of unbranched alkanes of at least 4 members (excludes halogenated alkanes) is 3. The van der Waals surface area contributed by atoms with Crippen molar-refractivity contribution in [2.24, 2.45) is 5.41 Å². The Balaban J connectivity index is 1.24. The first-order chi connectivity index (χ1) is 40.1. The minimum atomic E-state index is -5.05. The number of benzene rings is 4. The van der Waals surface area contributed by atoms with E-state index in [2.05, 4.69) is 15.5 Å². The van der Waals surface area contributed by atoms with Gasteiger partial charge in [-0.25, -0.2) is 4.79 Å². The molecule has 4 aromatic carbocycles. The summed E-state index contributed by atoms with van der Waals surface area (Å²) in [5, 5.41) is 7.31. The van der Waals surface area contributed by atoms with Crippen LogP contribution in [0.4, 0.5) is 11.4 Å². The van der Waals surface area contributed by atoms with Crippen LogP contribution in [0.5, 0.6) is 0 Å². The molecule has 0 saturated carbocycles. The van der Waals surface area contributed by atoms with Crippen LogP contribution in [-0.4, -0.2) is 129 Å². The van der Waals surface area contributed by atoms with Gasteiger partial charge in [-0.2, -0.15) is 38.2 Å². The Labute approximate surface area is 499 Å². The number of anilines is 1. The summed E-state index contributed by atoms with van der Waals surface area (Å²) in [6, 6.07) is 13.1. The second kappa shape index (κ2) is 24.7. The number of hydrogen-bond donors (Lipinski definition) is 6. The van der Waals surface area contributed by atoms with Crippen LogP contribution >= 0.6 is 0 Å². The Hall–Kier alpha value is -6.98. The van der Waals surface area contributed by atoms with Crippen molar-refractivity contribution in [1.29, 1.82) is 0 Å². The zero-order valence-corrected chi connectivity index (χ0v) is 51.6. The van der Waals surface area contributed by atoms with E-state index >= 15 is 4.79 Å². The summed E-state index contributed by atoms with van der Waals surface area (Å²) < 4.78 is 142. The molecule has 0 radical (unpaired) electrons. The molecule has 1 fully saturated rings. The van der Waals surface area contributed by atoms with Crippen molar-refractivity contribution in [3.05, 3.63) is 113 Å². The number of carbonyl (C=O) groups is 5. The van der Waals surface area contributed by atoms with Crippen LogP contribution in [0, 0.1) is 5.41 Å².